The Balaban J connectivity index is 1.25. The van der Waals surface area contributed by atoms with E-state index in [0.29, 0.717) is 13.0 Å². The molecule has 0 spiro atoms. The summed E-state index contributed by atoms with van der Waals surface area (Å²) in [6, 6.07) is 11.8. The Bertz CT molecular complexity index is 913. The Labute approximate surface area is 162 Å². The number of thioether (sulfide) groups is 1. The highest BCUT2D eigenvalue weighted by Crippen LogP contribution is 2.24. The van der Waals surface area contributed by atoms with Gasteiger partial charge in [0.15, 0.2) is 5.16 Å². The monoisotopic (exact) mass is 380 g/mol. The van der Waals surface area contributed by atoms with Crippen LogP contribution in [0, 0.1) is 0 Å². The zero-order valence-corrected chi connectivity index (χ0v) is 15.6. The second kappa shape index (κ2) is 8.37. The molecule has 1 unspecified atom stereocenters. The lowest BCUT2D eigenvalue weighted by molar-refractivity contribution is -0.127. The van der Waals surface area contributed by atoms with Gasteiger partial charge in [-0.1, -0.05) is 30.0 Å². The summed E-state index contributed by atoms with van der Waals surface area (Å²) >= 11 is 1.67. The average molecular weight is 380 g/mol. The molecule has 0 radical (unpaired) electrons. The van der Waals surface area contributed by atoms with Crippen molar-refractivity contribution in [1.82, 2.24) is 14.5 Å². The molecule has 3 heterocycles. The van der Waals surface area contributed by atoms with Gasteiger partial charge in [0.05, 0.1) is 11.9 Å². The first-order valence-corrected chi connectivity index (χ1v) is 9.87. The molecular formula is C20H20N4O2S. The van der Waals surface area contributed by atoms with E-state index in [0.717, 1.165) is 34.3 Å². The Hall–Kier alpha value is -2.64. The summed E-state index contributed by atoms with van der Waals surface area (Å²) in [5.41, 5.74) is 3.00. The van der Waals surface area contributed by atoms with Gasteiger partial charge in [0, 0.05) is 43.1 Å². The van der Waals surface area contributed by atoms with Crippen LogP contribution in [-0.4, -0.2) is 38.9 Å². The Kier molecular flexibility index (Phi) is 5.50. The molecule has 1 atom stereocenters. The molecule has 27 heavy (non-hydrogen) atoms. The molecule has 2 aromatic heterocycles. The van der Waals surface area contributed by atoms with E-state index in [4.69, 9.17) is 4.74 Å². The van der Waals surface area contributed by atoms with Crippen molar-refractivity contribution < 1.29 is 9.53 Å². The van der Waals surface area contributed by atoms with E-state index in [-0.39, 0.29) is 5.91 Å². The van der Waals surface area contributed by atoms with Crippen molar-refractivity contribution in [1.29, 1.82) is 0 Å². The van der Waals surface area contributed by atoms with E-state index in [1.807, 2.05) is 53.4 Å². The number of carbonyl (C=O) groups is 1. The van der Waals surface area contributed by atoms with Crippen LogP contribution in [0.25, 0.3) is 5.69 Å². The summed E-state index contributed by atoms with van der Waals surface area (Å²) in [5, 5.41) is 3.83. The fourth-order valence-corrected chi connectivity index (χ4v) is 3.88. The number of nitrogens with zero attached hydrogens (tertiary/aromatic N) is 3. The van der Waals surface area contributed by atoms with Crippen molar-refractivity contribution in [2.45, 2.75) is 24.1 Å². The van der Waals surface area contributed by atoms with E-state index >= 15 is 0 Å². The molecule has 138 valence electrons. The molecule has 1 aliphatic heterocycles. The Morgan fingerprint density at radius 2 is 2.15 bits per heavy atom. The van der Waals surface area contributed by atoms with Crippen molar-refractivity contribution in [3.63, 3.8) is 0 Å². The predicted octanol–water partition coefficient (Wildman–Crippen LogP) is 3.33. The molecule has 0 aliphatic carbocycles. The number of rotatable bonds is 7. The molecule has 7 heteroatoms. The van der Waals surface area contributed by atoms with Crippen LogP contribution in [0.3, 0.4) is 0 Å². The van der Waals surface area contributed by atoms with Crippen molar-refractivity contribution in [2.24, 2.45) is 0 Å². The SMILES string of the molecule is O=C1Nc2ccccc2CC1OCCCSc1nccn1-c1cccnc1. The molecule has 1 aliphatic rings. The minimum atomic E-state index is -0.415. The van der Waals surface area contributed by atoms with Gasteiger partial charge in [-0.05, 0) is 30.2 Å². The smallest absolute Gasteiger partial charge is 0.253 e. The highest BCUT2D eigenvalue weighted by molar-refractivity contribution is 7.99. The second-order valence-electron chi connectivity index (χ2n) is 6.20. The number of benzene rings is 1. The van der Waals surface area contributed by atoms with E-state index in [9.17, 15) is 4.79 Å². The fourth-order valence-electron chi connectivity index (χ4n) is 3.00. The maximum Gasteiger partial charge on any atom is 0.253 e. The molecule has 0 fully saturated rings. The predicted molar refractivity (Wildman–Crippen MR) is 105 cm³/mol. The number of anilines is 1. The van der Waals surface area contributed by atoms with Crippen molar-refractivity contribution in [3.8, 4) is 5.69 Å². The Morgan fingerprint density at radius 1 is 1.22 bits per heavy atom. The van der Waals surface area contributed by atoms with E-state index in [1.54, 1.807) is 24.2 Å². The lowest BCUT2D eigenvalue weighted by Crippen LogP contribution is -2.36. The summed E-state index contributed by atoms with van der Waals surface area (Å²) in [6.07, 6.45) is 8.34. The number of imidazole rings is 1. The highest BCUT2D eigenvalue weighted by Gasteiger charge is 2.26. The minimum Gasteiger partial charge on any atom is -0.368 e. The van der Waals surface area contributed by atoms with Crippen LogP contribution in [0.4, 0.5) is 5.69 Å². The van der Waals surface area contributed by atoms with E-state index in [1.165, 1.54) is 0 Å². The summed E-state index contributed by atoms with van der Waals surface area (Å²) in [5.74, 6) is 0.802. The van der Waals surface area contributed by atoms with Gasteiger partial charge in [-0.2, -0.15) is 0 Å². The van der Waals surface area contributed by atoms with Crippen LogP contribution in [0.2, 0.25) is 0 Å². The van der Waals surface area contributed by atoms with Gasteiger partial charge in [0.1, 0.15) is 6.10 Å². The maximum atomic E-state index is 12.1. The lowest BCUT2D eigenvalue weighted by atomic mass is 10.0. The molecule has 6 nitrogen and oxygen atoms in total. The average Bonchev–Trinajstić information content (AvgIpc) is 3.17. The summed E-state index contributed by atoms with van der Waals surface area (Å²) < 4.78 is 7.84. The first-order chi connectivity index (χ1) is 13.3. The Morgan fingerprint density at radius 3 is 3.04 bits per heavy atom. The standard InChI is InChI=1S/C20H20N4O2S/c25-19-18(13-15-5-1-2-7-17(15)23-19)26-11-4-12-27-20-22-9-10-24(20)16-6-3-8-21-14-16/h1-3,5-10,14,18H,4,11-13H2,(H,23,25). The topological polar surface area (TPSA) is 69.0 Å². The zero-order valence-electron chi connectivity index (χ0n) is 14.7. The van der Waals surface area contributed by atoms with Gasteiger partial charge in [-0.3, -0.25) is 14.3 Å². The van der Waals surface area contributed by atoms with Crippen LogP contribution in [0.15, 0.2) is 66.3 Å². The quantitative estimate of drug-likeness (QED) is 0.503. The van der Waals surface area contributed by atoms with Crippen LogP contribution in [0.5, 0.6) is 0 Å². The number of hydrogen-bond acceptors (Lipinski definition) is 5. The number of aromatic nitrogens is 3. The maximum absolute atomic E-state index is 12.1. The third-order valence-corrected chi connectivity index (χ3v) is 5.40. The number of amides is 1. The summed E-state index contributed by atoms with van der Waals surface area (Å²) in [4.78, 5) is 20.7. The van der Waals surface area contributed by atoms with Crippen molar-refractivity contribution >= 4 is 23.4 Å². The summed E-state index contributed by atoms with van der Waals surface area (Å²) in [6.45, 7) is 0.543. The number of carbonyl (C=O) groups excluding carboxylic acids is 1. The van der Waals surface area contributed by atoms with Crippen LogP contribution < -0.4 is 5.32 Å². The zero-order chi connectivity index (χ0) is 18.5. The molecule has 3 aromatic rings. The van der Waals surface area contributed by atoms with Gasteiger partial charge < -0.3 is 10.1 Å². The van der Waals surface area contributed by atoms with Crippen molar-refractivity contribution in [2.75, 3.05) is 17.7 Å². The molecule has 0 bridgehead atoms. The first kappa shape index (κ1) is 17.8. The molecule has 0 saturated heterocycles. The number of para-hydroxylation sites is 1. The number of hydrogen-bond donors (Lipinski definition) is 1. The highest BCUT2D eigenvalue weighted by atomic mass is 32.2. The van der Waals surface area contributed by atoms with Gasteiger partial charge in [0.2, 0.25) is 0 Å². The summed E-state index contributed by atoms with van der Waals surface area (Å²) in [7, 11) is 0. The van der Waals surface area contributed by atoms with Gasteiger partial charge in [0.25, 0.3) is 5.91 Å². The molecule has 1 N–H and O–H groups in total. The third kappa shape index (κ3) is 4.20. The normalized spacial score (nSPS) is 16.0. The minimum absolute atomic E-state index is 0.0616. The van der Waals surface area contributed by atoms with E-state index < -0.39 is 6.10 Å². The third-order valence-electron chi connectivity index (χ3n) is 4.34. The fraction of sp³-hybridized carbons (Fsp3) is 0.250. The second-order valence-corrected chi connectivity index (χ2v) is 7.27. The number of nitrogens with one attached hydrogen (secondary N) is 1. The molecule has 0 saturated carbocycles. The molecule has 1 amide bonds. The van der Waals surface area contributed by atoms with Crippen LogP contribution in [-0.2, 0) is 16.0 Å². The number of pyridine rings is 1. The van der Waals surface area contributed by atoms with Crippen molar-refractivity contribution in [3.05, 3.63) is 66.7 Å². The lowest BCUT2D eigenvalue weighted by Gasteiger charge is -2.24. The van der Waals surface area contributed by atoms with E-state index in [2.05, 4.69) is 15.3 Å². The molecular weight excluding hydrogens is 360 g/mol. The van der Waals surface area contributed by atoms with Gasteiger partial charge in [-0.25, -0.2) is 4.98 Å². The number of ether oxygens (including phenoxy) is 1. The number of fused-ring (bicyclic) bond motifs is 1. The first-order valence-electron chi connectivity index (χ1n) is 8.88. The molecule has 1 aromatic carbocycles. The largest absolute Gasteiger partial charge is 0.368 e. The van der Waals surface area contributed by atoms with Gasteiger partial charge in [-0.15, -0.1) is 0 Å². The molecule has 4 rings (SSSR count). The van der Waals surface area contributed by atoms with Gasteiger partial charge >= 0.3 is 0 Å². The van der Waals surface area contributed by atoms with Crippen LogP contribution >= 0.6 is 11.8 Å². The van der Waals surface area contributed by atoms with Crippen LogP contribution in [0.1, 0.15) is 12.0 Å².